The van der Waals surface area contributed by atoms with E-state index in [1.165, 1.54) is 5.69 Å². The third-order valence-corrected chi connectivity index (χ3v) is 2.45. The highest BCUT2D eigenvalue weighted by Crippen LogP contribution is 2.21. The zero-order valence-electron chi connectivity index (χ0n) is 7.39. The summed E-state index contributed by atoms with van der Waals surface area (Å²) < 4.78 is 0. The van der Waals surface area contributed by atoms with E-state index in [1.54, 1.807) is 12.4 Å². The average Bonchev–Trinajstić information content (AvgIpc) is 2.67. The van der Waals surface area contributed by atoms with Gasteiger partial charge in [-0.05, 0) is 18.6 Å². The molecule has 0 aliphatic carbocycles. The lowest BCUT2D eigenvalue weighted by Crippen LogP contribution is -2.19. The van der Waals surface area contributed by atoms with Crippen molar-refractivity contribution in [3.63, 3.8) is 0 Å². The van der Waals surface area contributed by atoms with Crippen molar-refractivity contribution in [2.24, 2.45) is 5.92 Å². The van der Waals surface area contributed by atoms with E-state index in [1.807, 2.05) is 12.1 Å². The third kappa shape index (κ3) is 1.69. The number of anilines is 1. The van der Waals surface area contributed by atoms with Gasteiger partial charge in [-0.1, -0.05) is 0 Å². The number of hydrogen-bond donors (Lipinski definition) is 0. The van der Waals surface area contributed by atoms with Crippen molar-refractivity contribution in [1.29, 1.82) is 0 Å². The predicted molar refractivity (Wildman–Crippen MR) is 50.6 cm³/mol. The van der Waals surface area contributed by atoms with E-state index < -0.39 is 0 Å². The highest BCUT2D eigenvalue weighted by Gasteiger charge is 2.21. The van der Waals surface area contributed by atoms with Gasteiger partial charge in [-0.3, -0.25) is 4.98 Å². The van der Waals surface area contributed by atoms with E-state index in [0.29, 0.717) is 0 Å². The molecule has 1 aliphatic heterocycles. The lowest BCUT2D eigenvalue weighted by atomic mass is 10.1. The second-order valence-electron chi connectivity index (χ2n) is 3.34. The summed E-state index contributed by atoms with van der Waals surface area (Å²) in [5.74, 6) is 0.216. The zero-order valence-corrected chi connectivity index (χ0v) is 7.39. The van der Waals surface area contributed by atoms with E-state index in [2.05, 4.69) is 9.88 Å². The summed E-state index contributed by atoms with van der Waals surface area (Å²) in [7, 11) is 0. The number of pyridine rings is 1. The molecule has 13 heavy (non-hydrogen) atoms. The minimum absolute atomic E-state index is 0.216. The van der Waals surface area contributed by atoms with E-state index in [4.69, 9.17) is 0 Å². The molecule has 1 saturated heterocycles. The Hall–Kier alpha value is -1.38. The first-order valence-corrected chi connectivity index (χ1v) is 4.50. The van der Waals surface area contributed by atoms with Crippen LogP contribution in [0.2, 0.25) is 0 Å². The predicted octanol–water partition coefficient (Wildman–Crippen LogP) is 1.11. The maximum Gasteiger partial charge on any atom is 0.124 e. The van der Waals surface area contributed by atoms with Crippen molar-refractivity contribution >= 4 is 12.0 Å². The Bertz CT molecular complexity index is 286. The average molecular weight is 176 g/mol. The van der Waals surface area contributed by atoms with Gasteiger partial charge >= 0.3 is 0 Å². The molecule has 3 nitrogen and oxygen atoms in total. The molecule has 0 spiro atoms. The monoisotopic (exact) mass is 176 g/mol. The van der Waals surface area contributed by atoms with Crippen molar-refractivity contribution in [3.8, 4) is 0 Å². The highest BCUT2D eigenvalue weighted by molar-refractivity contribution is 5.58. The molecule has 1 atom stereocenters. The van der Waals surface area contributed by atoms with Crippen molar-refractivity contribution in [2.75, 3.05) is 18.0 Å². The molecule has 1 aromatic heterocycles. The topological polar surface area (TPSA) is 33.2 Å². The summed E-state index contributed by atoms with van der Waals surface area (Å²) in [5.41, 5.74) is 1.17. The molecule has 1 aliphatic rings. The lowest BCUT2D eigenvalue weighted by molar-refractivity contribution is -0.110. The Morgan fingerprint density at radius 3 is 2.85 bits per heavy atom. The molecular formula is C10H12N2O. The number of aldehydes is 1. The second kappa shape index (κ2) is 3.56. The summed E-state index contributed by atoms with van der Waals surface area (Å²) >= 11 is 0. The van der Waals surface area contributed by atoms with Gasteiger partial charge in [0, 0.05) is 37.1 Å². The third-order valence-electron chi connectivity index (χ3n) is 2.45. The first kappa shape index (κ1) is 8.23. The van der Waals surface area contributed by atoms with Crippen LogP contribution >= 0.6 is 0 Å². The molecular weight excluding hydrogens is 164 g/mol. The molecule has 0 bridgehead atoms. The van der Waals surface area contributed by atoms with Gasteiger partial charge in [0.15, 0.2) is 0 Å². The molecule has 3 heteroatoms. The Balaban J connectivity index is 2.08. The van der Waals surface area contributed by atoms with Gasteiger partial charge in [0.2, 0.25) is 0 Å². The van der Waals surface area contributed by atoms with E-state index in [0.717, 1.165) is 25.8 Å². The quantitative estimate of drug-likeness (QED) is 0.633. The maximum absolute atomic E-state index is 10.5. The Morgan fingerprint density at radius 1 is 1.46 bits per heavy atom. The first-order chi connectivity index (χ1) is 6.40. The number of rotatable bonds is 2. The molecule has 0 amide bonds. The summed E-state index contributed by atoms with van der Waals surface area (Å²) in [6.45, 7) is 1.83. The molecule has 2 heterocycles. The number of carbonyl (C=O) groups is 1. The minimum atomic E-state index is 0.216. The Kier molecular flexibility index (Phi) is 2.25. The molecule has 0 aromatic carbocycles. The number of aromatic nitrogens is 1. The number of nitrogens with zero attached hydrogens (tertiary/aromatic N) is 2. The van der Waals surface area contributed by atoms with E-state index in [9.17, 15) is 4.79 Å². The van der Waals surface area contributed by atoms with Crippen molar-refractivity contribution in [2.45, 2.75) is 6.42 Å². The molecule has 1 aromatic rings. The van der Waals surface area contributed by atoms with Crippen LogP contribution in [0.1, 0.15) is 6.42 Å². The van der Waals surface area contributed by atoms with Crippen LogP contribution in [0.5, 0.6) is 0 Å². The van der Waals surface area contributed by atoms with Gasteiger partial charge in [0.05, 0.1) is 0 Å². The van der Waals surface area contributed by atoms with Gasteiger partial charge < -0.3 is 9.69 Å². The van der Waals surface area contributed by atoms with Crippen molar-refractivity contribution in [3.05, 3.63) is 24.5 Å². The molecule has 0 unspecified atom stereocenters. The summed E-state index contributed by atoms with van der Waals surface area (Å²) in [6.07, 6.45) is 5.60. The molecule has 1 fully saturated rings. The van der Waals surface area contributed by atoms with Gasteiger partial charge in [0.1, 0.15) is 6.29 Å². The van der Waals surface area contributed by atoms with Crippen LogP contribution in [0.3, 0.4) is 0 Å². The normalized spacial score (nSPS) is 21.8. The number of carbonyl (C=O) groups excluding carboxylic acids is 1. The number of hydrogen-bond acceptors (Lipinski definition) is 3. The van der Waals surface area contributed by atoms with Gasteiger partial charge in [0.25, 0.3) is 0 Å². The summed E-state index contributed by atoms with van der Waals surface area (Å²) in [4.78, 5) is 16.7. The zero-order chi connectivity index (χ0) is 9.10. The second-order valence-corrected chi connectivity index (χ2v) is 3.34. The van der Waals surface area contributed by atoms with Crippen LogP contribution < -0.4 is 4.90 Å². The van der Waals surface area contributed by atoms with E-state index >= 15 is 0 Å². The Morgan fingerprint density at radius 2 is 2.23 bits per heavy atom. The van der Waals surface area contributed by atoms with Crippen LogP contribution in [0.4, 0.5) is 5.69 Å². The minimum Gasteiger partial charge on any atom is -0.371 e. The van der Waals surface area contributed by atoms with E-state index in [-0.39, 0.29) is 5.92 Å². The summed E-state index contributed by atoms with van der Waals surface area (Å²) in [6, 6.07) is 3.96. The molecule has 0 saturated carbocycles. The fraction of sp³-hybridized carbons (Fsp3) is 0.400. The van der Waals surface area contributed by atoms with Crippen LogP contribution in [0.25, 0.3) is 0 Å². The first-order valence-electron chi connectivity index (χ1n) is 4.50. The SMILES string of the molecule is O=C[C@@H]1CCN(c2ccncc2)C1. The molecule has 0 radical (unpaired) electrons. The van der Waals surface area contributed by atoms with Crippen LogP contribution in [-0.2, 0) is 4.79 Å². The van der Waals surface area contributed by atoms with Crippen molar-refractivity contribution in [1.82, 2.24) is 4.98 Å². The maximum atomic E-state index is 10.5. The standard InChI is InChI=1S/C10H12N2O/c13-8-9-3-6-12(7-9)10-1-4-11-5-2-10/h1-2,4-5,8-9H,3,6-7H2/t9-/m1/s1. The lowest BCUT2D eigenvalue weighted by Gasteiger charge is -2.16. The molecule has 2 rings (SSSR count). The van der Waals surface area contributed by atoms with Gasteiger partial charge in [-0.25, -0.2) is 0 Å². The molecule has 68 valence electrons. The van der Waals surface area contributed by atoms with Gasteiger partial charge in [-0.15, -0.1) is 0 Å². The van der Waals surface area contributed by atoms with Crippen LogP contribution in [0, 0.1) is 5.92 Å². The van der Waals surface area contributed by atoms with Crippen LogP contribution in [0.15, 0.2) is 24.5 Å². The van der Waals surface area contributed by atoms with Crippen molar-refractivity contribution < 1.29 is 4.79 Å². The van der Waals surface area contributed by atoms with Gasteiger partial charge in [-0.2, -0.15) is 0 Å². The fourth-order valence-electron chi connectivity index (χ4n) is 1.69. The van der Waals surface area contributed by atoms with Crippen LogP contribution in [-0.4, -0.2) is 24.4 Å². The molecule has 0 N–H and O–H groups in total. The fourth-order valence-corrected chi connectivity index (χ4v) is 1.69. The smallest absolute Gasteiger partial charge is 0.124 e. The Labute approximate surface area is 77.4 Å². The summed E-state index contributed by atoms with van der Waals surface area (Å²) in [5, 5.41) is 0. The highest BCUT2D eigenvalue weighted by atomic mass is 16.1. The largest absolute Gasteiger partial charge is 0.371 e.